The summed E-state index contributed by atoms with van der Waals surface area (Å²) in [6, 6.07) is 0. The molecule has 1 aliphatic rings. The Morgan fingerprint density at radius 2 is 2.07 bits per heavy atom. The highest BCUT2D eigenvalue weighted by Gasteiger charge is 2.25. The van der Waals surface area contributed by atoms with Crippen molar-refractivity contribution in [2.75, 3.05) is 59.2 Å². The number of aliphatic hydroxyl groups is 1. The van der Waals surface area contributed by atoms with Crippen LogP contribution in [0.2, 0.25) is 0 Å². The van der Waals surface area contributed by atoms with Gasteiger partial charge in [-0.1, -0.05) is 0 Å². The number of rotatable bonds is 11. The van der Waals surface area contributed by atoms with Gasteiger partial charge in [-0.05, 0) is 27.2 Å². The number of aliphatic imine (C=N–C) groups is 1. The molecule has 2 rings (SSSR count). The lowest BCUT2D eigenvalue weighted by Crippen LogP contribution is -2.53. The second-order valence-electron chi connectivity index (χ2n) is 7.60. The summed E-state index contributed by atoms with van der Waals surface area (Å²) in [7, 11) is 1.93. The lowest BCUT2D eigenvalue weighted by molar-refractivity contribution is -0.0201. The standard InChI is InChI=1S/C19H37N7O3/c1-5-28-10-6-7-20-18(21-13-17-24-23-16(2)25(17)4)22-14-19(3,27)15-26-8-11-29-12-9-26/h27H,5-15H2,1-4H3,(H2,20,21,22). The largest absolute Gasteiger partial charge is 0.387 e. The molecular formula is C19H37N7O3. The van der Waals surface area contributed by atoms with E-state index in [1.807, 2.05) is 32.4 Å². The van der Waals surface area contributed by atoms with E-state index >= 15 is 0 Å². The maximum absolute atomic E-state index is 10.8. The number of aryl methyl sites for hydroxylation is 1. The van der Waals surface area contributed by atoms with Gasteiger partial charge in [0.1, 0.15) is 12.4 Å². The summed E-state index contributed by atoms with van der Waals surface area (Å²) < 4.78 is 12.7. The Labute approximate surface area is 173 Å². The van der Waals surface area contributed by atoms with Crippen molar-refractivity contribution in [3.63, 3.8) is 0 Å². The molecule has 0 radical (unpaired) electrons. The summed E-state index contributed by atoms with van der Waals surface area (Å²) in [5, 5.41) is 25.6. The fraction of sp³-hybridized carbons (Fsp3) is 0.842. The number of β-amino-alcohol motifs (C(OH)–C–C–N with tert-alkyl or cyclic N) is 1. The molecule has 29 heavy (non-hydrogen) atoms. The topological polar surface area (TPSA) is 109 Å². The highest BCUT2D eigenvalue weighted by atomic mass is 16.5. The Morgan fingerprint density at radius 1 is 1.31 bits per heavy atom. The molecule has 3 N–H and O–H groups in total. The third kappa shape index (κ3) is 8.65. The number of hydrogen-bond acceptors (Lipinski definition) is 7. The smallest absolute Gasteiger partial charge is 0.191 e. The zero-order valence-electron chi connectivity index (χ0n) is 18.3. The van der Waals surface area contributed by atoms with Crippen LogP contribution in [0.25, 0.3) is 0 Å². The number of guanidine groups is 1. The van der Waals surface area contributed by atoms with Crippen molar-refractivity contribution in [2.24, 2.45) is 12.0 Å². The third-order valence-electron chi connectivity index (χ3n) is 4.83. The summed E-state index contributed by atoms with van der Waals surface area (Å²) in [6.07, 6.45) is 0.877. The summed E-state index contributed by atoms with van der Waals surface area (Å²) >= 11 is 0. The third-order valence-corrected chi connectivity index (χ3v) is 4.83. The van der Waals surface area contributed by atoms with Crippen molar-refractivity contribution < 1.29 is 14.6 Å². The summed E-state index contributed by atoms with van der Waals surface area (Å²) in [4.78, 5) is 6.84. The maximum Gasteiger partial charge on any atom is 0.191 e. The van der Waals surface area contributed by atoms with E-state index < -0.39 is 5.60 Å². The van der Waals surface area contributed by atoms with Gasteiger partial charge in [0.15, 0.2) is 11.8 Å². The first-order chi connectivity index (χ1) is 13.9. The Balaban J connectivity index is 1.90. The van der Waals surface area contributed by atoms with Crippen LogP contribution in [0.1, 0.15) is 31.9 Å². The van der Waals surface area contributed by atoms with E-state index in [1.165, 1.54) is 0 Å². The number of aromatic nitrogens is 3. The number of ether oxygens (including phenoxy) is 2. The highest BCUT2D eigenvalue weighted by Crippen LogP contribution is 2.07. The van der Waals surface area contributed by atoms with Gasteiger partial charge >= 0.3 is 0 Å². The summed E-state index contributed by atoms with van der Waals surface area (Å²) in [5.41, 5.74) is -0.882. The Bertz CT molecular complexity index is 627. The number of hydrogen-bond donors (Lipinski definition) is 3. The lowest BCUT2D eigenvalue weighted by Gasteiger charge is -2.34. The fourth-order valence-electron chi connectivity index (χ4n) is 3.01. The molecule has 0 spiro atoms. The fourth-order valence-corrected chi connectivity index (χ4v) is 3.01. The van der Waals surface area contributed by atoms with Crippen LogP contribution >= 0.6 is 0 Å². The average Bonchev–Trinajstić information content (AvgIpc) is 3.02. The van der Waals surface area contributed by atoms with Crippen LogP contribution in [0.4, 0.5) is 0 Å². The van der Waals surface area contributed by atoms with Crippen molar-refractivity contribution >= 4 is 5.96 Å². The second-order valence-corrected chi connectivity index (χ2v) is 7.60. The molecule has 1 aliphatic heterocycles. The Hall–Kier alpha value is -1.75. The van der Waals surface area contributed by atoms with Crippen LogP contribution < -0.4 is 10.6 Å². The van der Waals surface area contributed by atoms with Crippen molar-refractivity contribution in [1.29, 1.82) is 0 Å². The van der Waals surface area contributed by atoms with Gasteiger partial charge in [-0.25, -0.2) is 4.99 Å². The van der Waals surface area contributed by atoms with Gasteiger partial charge in [-0.3, -0.25) is 4.90 Å². The van der Waals surface area contributed by atoms with Crippen LogP contribution in [-0.2, 0) is 23.1 Å². The average molecular weight is 412 g/mol. The molecule has 1 aromatic heterocycles. The Morgan fingerprint density at radius 3 is 2.72 bits per heavy atom. The van der Waals surface area contributed by atoms with Crippen LogP contribution in [0, 0.1) is 6.92 Å². The van der Waals surface area contributed by atoms with Crippen molar-refractivity contribution in [3.8, 4) is 0 Å². The maximum atomic E-state index is 10.8. The van der Waals surface area contributed by atoms with Crippen LogP contribution in [0.3, 0.4) is 0 Å². The van der Waals surface area contributed by atoms with E-state index in [0.29, 0.717) is 45.4 Å². The zero-order valence-corrected chi connectivity index (χ0v) is 18.3. The molecule has 166 valence electrons. The molecule has 0 aliphatic carbocycles. The van der Waals surface area contributed by atoms with Crippen LogP contribution in [-0.4, -0.2) is 95.5 Å². The second kappa shape index (κ2) is 12.1. The molecule has 1 atom stereocenters. The van der Waals surface area contributed by atoms with Gasteiger partial charge in [0.25, 0.3) is 0 Å². The van der Waals surface area contributed by atoms with Crippen molar-refractivity contribution in [1.82, 2.24) is 30.3 Å². The molecule has 1 saturated heterocycles. The lowest BCUT2D eigenvalue weighted by atomic mass is 10.1. The first kappa shape index (κ1) is 23.5. The predicted molar refractivity (Wildman–Crippen MR) is 112 cm³/mol. The molecule has 1 unspecified atom stereocenters. The molecule has 1 fully saturated rings. The number of nitrogens with one attached hydrogen (secondary N) is 2. The molecule has 0 amide bonds. The molecule has 10 heteroatoms. The van der Waals surface area contributed by atoms with Crippen molar-refractivity contribution in [3.05, 3.63) is 11.6 Å². The van der Waals surface area contributed by atoms with Gasteiger partial charge in [-0.15, -0.1) is 10.2 Å². The van der Waals surface area contributed by atoms with E-state index in [9.17, 15) is 5.11 Å². The zero-order chi connectivity index (χ0) is 21.1. The first-order valence-electron chi connectivity index (χ1n) is 10.4. The van der Waals surface area contributed by atoms with Crippen molar-refractivity contribution in [2.45, 2.75) is 39.3 Å². The molecule has 10 nitrogen and oxygen atoms in total. The predicted octanol–water partition coefficient (Wildman–Crippen LogP) is -0.331. The first-order valence-corrected chi connectivity index (χ1v) is 10.4. The quantitative estimate of drug-likeness (QED) is 0.258. The molecule has 2 heterocycles. The molecule has 0 aromatic carbocycles. The van der Waals surface area contributed by atoms with E-state index in [4.69, 9.17) is 9.47 Å². The van der Waals surface area contributed by atoms with E-state index in [0.717, 1.165) is 44.3 Å². The normalized spacial score (nSPS) is 17.9. The van der Waals surface area contributed by atoms with Gasteiger partial charge in [0.05, 0.1) is 18.8 Å². The van der Waals surface area contributed by atoms with E-state index in [-0.39, 0.29) is 0 Å². The SMILES string of the molecule is CCOCCCNC(=NCc1nnc(C)n1C)NCC(C)(O)CN1CCOCC1. The minimum Gasteiger partial charge on any atom is -0.387 e. The monoisotopic (exact) mass is 411 g/mol. The van der Waals surface area contributed by atoms with E-state index in [1.54, 1.807) is 0 Å². The van der Waals surface area contributed by atoms with Crippen LogP contribution in [0.15, 0.2) is 4.99 Å². The molecule has 1 aromatic rings. The molecular weight excluding hydrogens is 374 g/mol. The summed E-state index contributed by atoms with van der Waals surface area (Å²) in [5.74, 6) is 2.28. The van der Waals surface area contributed by atoms with Crippen LogP contribution in [0.5, 0.6) is 0 Å². The molecule has 0 bridgehead atoms. The minimum absolute atomic E-state index is 0.388. The number of nitrogens with zero attached hydrogens (tertiary/aromatic N) is 5. The van der Waals surface area contributed by atoms with Gasteiger partial charge in [0, 0.05) is 53.0 Å². The molecule has 0 saturated carbocycles. The van der Waals surface area contributed by atoms with Gasteiger partial charge in [-0.2, -0.15) is 0 Å². The Kier molecular flexibility index (Phi) is 9.79. The van der Waals surface area contributed by atoms with Gasteiger partial charge < -0.3 is 29.8 Å². The van der Waals surface area contributed by atoms with Gasteiger partial charge in [0.2, 0.25) is 0 Å². The summed E-state index contributed by atoms with van der Waals surface area (Å²) in [6.45, 7) is 12.4. The van der Waals surface area contributed by atoms with E-state index in [2.05, 4.69) is 30.7 Å². The minimum atomic E-state index is -0.882. The number of morpholine rings is 1. The highest BCUT2D eigenvalue weighted by molar-refractivity contribution is 5.79.